The van der Waals surface area contributed by atoms with Gasteiger partial charge in [0.2, 0.25) is 6.29 Å². The zero-order valence-corrected chi connectivity index (χ0v) is 12.0. The van der Waals surface area contributed by atoms with E-state index in [2.05, 4.69) is 4.99 Å². The van der Waals surface area contributed by atoms with Crippen molar-refractivity contribution in [1.82, 2.24) is 0 Å². The van der Waals surface area contributed by atoms with E-state index in [1.54, 1.807) is 6.92 Å². The van der Waals surface area contributed by atoms with Gasteiger partial charge in [0.25, 0.3) is 0 Å². The molecule has 2 rings (SSSR count). The van der Waals surface area contributed by atoms with Crippen LogP contribution >= 0.6 is 0 Å². The minimum absolute atomic E-state index is 0.136. The summed E-state index contributed by atoms with van der Waals surface area (Å²) in [5.74, 6) is -1.37. The van der Waals surface area contributed by atoms with E-state index < -0.39 is 42.4 Å². The van der Waals surface area contributed by atoms with Crippen LogP contribution in [0.3, 0.4) is 0 Å². The monoisotopic (exact) mass is 299 g/mol. The van der Waals surface area contributed by atoms with Crippen LogP contribution < -0.4 is 0 Å². The van der Waals surface area contributed by atoms with Crippen molar-refractivity contribution in [3.63, 3.8) is 0 Å². The first-order valence-electron chi connectivity index (χ1n) is 6.54. The number of aldehydes is 1. The quantitative estimate of drug-likeness (QED) is 0.525. The first-order valence-corrected chi connectivity index (χ1v) is 6.54. The van der Waals surface area contributed by atoms with Crippen LogP contribution in [0.4, 0.5) is 0 Å². The molecular weight excluding hydrogens is 282 g/mol. The zero-order valence-electron chi connectivity index (χ0n) is 12.0. The van der Waals surface area contributed by atoms with Gasteiger partial charge in [-0.25, -0.2) is 4.99 Å². The summed E-state index contributed by atoms with van der Waals surface area (Å²) >= 11 is 0. The lowest BCUT2D eigenvalue weighted by atomic mass is 9.88. The molecule has 0 bridgehead atoms. The molecule has 0 amide bonds. The normalized spacial score (nSPS) is 34.2. The van der Waals surface area contributed by atoms with Crippen molar-refractivity contribution in [1.29, 1.82) is 0 Å². The molecule has 0 aromatic rings. The number of carbonyl (C=O) groups excluding carboxylic acids is 3. The van der Waals surface area contributed by atoms with Crippen LogP contribution in [-0.2, 0) is 33.3 Å². The van der Waals surface area contributed by atoms with Crippen LogP contribution in [0.2, 0.25) is 0 Å². The molecular formula is C13H17NO7. The molecule has 0 aromatic carbocycles. The smallest absolute Gasteiger partial charge is 0.303 e. The summed E-state index contributed by atoms with van der Waals surface area (Å²) in [5.41, 5.74) is 0. The molecule has 0 aliphatic carbocycles. The van der Waals surface area contributed by atoms with Crippen molar-refractivity contribution < 1.29 is 33.3 Å². The fourth-order valence-electron chi connectivity index (χ4n) is 2.44. The van der Waals surface area contributed by atoms with Gasteiger partial charge in [0, 0.05) is 20.8 Å². The third-order valence-corrected chi connectivity index (χ3v) is 3.26. The number of esters is 2. The minimum Gasteiger partial charge on any atom is -0.463 e. The second-order valence-corrected chi connectivity index (χ2v) is 4.89. The van der Waals surface area contributed by atoms with Gasteiger partial charge in [-0.2, -0.15) is 0 Å². The minimum atomic E-state index is -0.876. The van der Waals surface area contributed by atoms with Gasteiger partial charge in [0.15, 0.2) is 5.90 Å². The summed E-state index contributed by atoms with van der Waals surface area (Å²) in [6.45, 7) is 3.99. The number of aliphatic imine (C=N–C) groups is 1. The molecule has 0 N–H and O–H groups in total. The van der Waals surface area contributed by atoms with Crippen molar-refractivity contribution in [3.8, 4) is 0 Å². The summed E-state index contributed by atoms with van der Waals surface area (Å²) in [5, 5.41) is 0. The lowest BCUT2D eigenvalue weighted by Gasteiger charge is -2.39. The van der Waals surface area contributed by atoms with Gasteiger partial charge in [-0.1, -0.05) is 0 Å². The highest BCUT2D eigenvalue weighted by molar-refractivity contribution is 5.76. The number of hydrogen-bond donors (Lipinski definition) is 0. The number of ether oxygens (including phenoxy) is 4. The molecule has 5 unspecified atom stereocenters. The Labute approximate surface area is 121 Å². The summed E-state index contributed by atoms with van der Waals surface area (Å²) in [4.78, 5) is 37.8. The molecule has 0 radical (unpaired) electrons. The summed E-state index contributed by atoms with van der Waals surface area (Å²) in [7, 11) is 0. The lowest BCUT2D eigenvalue weighted by molar-refractivity contribution is -0.228. The number of nitrogens with zero attached hydrogens (tertiary/aromatic N) is 1. The van der Waals surface area contributed by atoms with Crippen LogP contribution in [0.1, 0.15) is 20.8 Å². The Morgan fingerprint density at radius 1 is 1.33 bits per heavy atom. The van der Waals surface area contributed by atoms with Crippen molar-refractivity contribution in [2.75, 3.05) is 6.61 Å². The fourth-order valence-corrected chi connectivity index (χ4v) is 2.44. The molecule has 5 atom stereocenters. The Hall–Kier alpha value is -1.96. The van der Waals surface area contributed by atoms with Crippen molar-refractivity contribution in [3.05, 3.63) is 0 Å². The molecule has 8 nitrogen and oxygen atoms in total. The number of carbonyl (C=O) groups is 3. The summed E-state index contributed by atoms with van der Waals surface area (Å²) in [6, 6.07) is -0.569. The maximum absolute atomic E-state index is 11.4. The van der Waals surface area contributed by atoms with Gasteiger partial charge in [-0.15, -0.1) is 0 Å². The van der Waals surface area contributed by atoms with E-state index >= 15 is 0 Å². The second kappa shape index (κ2) is 6.21. The SMILES string of the molecule is CC(=O)OCC1OC2OC(C)=NC2C(C=O)C1OC(C)=O. The van der Waals surface area contributed by atoms with E-state index in [4.69, 9.17) is 18.9 Å². The van der Waals surface area contributed by atoms with Crippen LogP contribution in [0.15, 0.2) is 4.99 Å². The average molecular weight is 299 g/mol. The molecule has 2 aliphatic heterocycles. The highest BCUT2D eigenvalue weighted by atomic mass is 16.7. The second-order valence-electron chi connectivity index (χ2n) is 4.89. The maximum atomic E-state index is 11.4. The molecule has 2 aliphatic rings. The van der Waals surface area contributed by atoms with Crippen molar-refractivity contribution in [2.24, 2.45) is 10.9 Å². The fraction of sp³-hybridized carbons (Fsp3) is 0.692. The van der Waals surface area contributed by atoms with Gasteiger partial charge in [-0.3, -0.25) is 9.59 Å². The van der Waals surface area contributed by atoms with Crippen molar-refractivity contribution >= 4 is 24.1 Å². The van der Waals surface area contributed by atoms with Crippen LogP contribution in [0, 0.1) is 5.92 Å². The Morgan fingerprint density at radius 2 is 2.05 bits per heavy atom. The Balaban J connectivity index is 2.20. The van der Waals surface area contributed by atoms with Gasteiger partial charge >= 0.3 is 11.9 Å². The molecule has 0 spiro atoms. The predicted molar refractivity (Wildman–Crippen MR) is 68.4 cm³/mol. The number of fused-ring (bicyclic) bond motifs is 1. The molecule has 1 fully saturated rings. The Kier molecular flexibility index (Phi) is 4.56. The average Bonchev–Trinajstić information content (AvgIpc) is 2.75. The summed E-state index contributed by atoms with van der Waals surface area (Å²) in [6.07, 6.45) is -1.73. The Morgan fingerprint density at radius 3 is 2.62 bits per heavy atom. The van der Waals surface area contributed by atoms with Gasteiger partial charge < -0.3 is 23.7 Å². The topological polar surface area (TPSA) is 100 Å². The van der Waals surface area contributed by atoms with Gasteiger partial charge in [0.1, 0.15) is 31.1 Å². The molecule has 0 saturated carbocycles. The van der Waals surface area contributed by atoms with E-state index in [0.29, 0.717) is 12.2 Å². The Bertz CT molecular complexity index is 475. The zero-order chi connectivity index (χ0) is 15.6. The first kappa shape index (κ1) is 15.4. The van der Waals surface area contributed by atoms with E-state index in [9.17, 15) is 14.4 Å². The molecule has 21 heavy (non-hydrogen) atoms. The first-order chi connectivity index (χ1) is 9.92. The molecule has 8 heteroatoms. The van der Waals surface area contributed by atoms with Crippen molar-refractivity contribution in [2.45, 2.75) is 45.3 Å². The van der Waals surface area contributed by atoms with Gasteiger partial charge in [-0.05, 0) is 0 Å². The van der Waals surface area contributed by atoms with Gasteiger partial charge in [0.05, 0.1) is 5.92 Å². The number of rotatable bonds is 4. The van der Waals surface area contributed by atoms with Crippen LogP contribution in [0.25, 0.3) is 0 Å². The lowest BCUT2D eigenvalue weighted by Crippen LogP contribution is -2.56. The molecule has 2 heterocycles. The maximum Gasteiger partial charge on any atom is 0.303 e. The van der Waals surface area contributed by atoms with E-state index in [1.165, 1.54) is 13.8 Å². The van der Waals surface area contributed by atoms with E-state index in [1.807, 2.05) is 0 Å². The standard InChI is InChI=1S/C13H17NO7/c1-6-14-11-9(4-15)12(20-8(3)17)10(5-18-7(2)16)21-13(11)19-6/h4,9-13H,5H2,1-3H3. The molecule has 1 saturated heterocycles. The van der Waals surface area contributed by atoms with Crippen LogP contribution in [-0.4, -0.2) is 55.3 Å². The molecule has 0 aromatic heterocycles. The van der Waals surface area contributed by atoms with E-state index in [-0.39, 0.29) is 6.61 Å². The molecule has 116 valence electrons. The predicted octanol–water partition coefficient (Wildman–Crippen LogP) is -0.162. The van der Waals surface area contributed by atoms with Crippen LogP contribution in [0.5, 0.6) is 0 Å². The third kappa shape index (κ3) is 3.38. The highest BCUT2D eigenvalue weighted by Gasteiger charge is 2.51. The number of hydrogen-bond acceptors (Lipinski definition) is 8. The largest absolute Gasteiger partial charge is 0.463 e. The summed E-state index contributed by atoms with van der Waals surface area (Å²) < 4.78 is 21.1. The highest BCUT2D eigenvalue weighted by Crippen LogP contribution is 2.33. The van der Waals surface area contributed by atoms with E-state index in [0.717, 1.165) is 0 Å². The third-order valence-electron chi connectivity index (χ3n) is 3.26.